The van der Waals surface area contributed by atoms with Gasteiger partial charge in [-0.2, -0.15) is 0 Å². The fourth-order valence-corrected chi connectivity index (χ4v) is 1.29. The molecular formula is C13H18O4. The first-order valence-electron chi connectivity index (χ1n) is 5.63. The molecule has 1 aromatic rings. The summed E-state index contributed by atoms with van der Waals surface area (Å²) in [6.07, 6.45) is -0.0834. The molecule has 94 valence electrons. The van der Waals surface area contributed by atoms with Crippen molar-refractivity contribution in [1.82, 2.24) is 0 Å². The number of carboxylic acids is 1. The summed E-state index contributed by atoms with van der Waals surface area (Å²) in [6, 6.07) is 7.80. The Hall–Kier alpha value is -1.55. The summed E-state index contributed by atoms with van der Waals surface area (Å²) >= 11 is 0. The van der Waals surface area contributed by atoms with Crippen LogP contribution in [0.15, 0.2) is 24.3 Å². The third-order valence-corrected chi connectivity index (χ3v) is 2.26. The minimum atomic E-state index is -0.940. The predicted octanol–water partition coefficient (Wildman–Crippen LogP) is 2.25. The number of ether oxygens (including phenoxy) is 2. The highest BCUT2D eigenvalue weighted by Gasteiger charge is 2.09. The van der Waals surface area contributed by atoms with E-state index in [0.717, 1.165) is 11.3 Å². The van der Waals surface area contributed by atoms with Crippen LogP contribution in [0.25, 0.3) is 0 Å². The van der Waals surface area contributed by atoms with Gasteiger partial charge in [-0.15, -0.1) is 0 Å². The zero-order valence-corrected chi connectivity index (χ0v) is 10.2. The molecule has 4 heteroatoms. The van der Waals surface area contributed by atoms with Crippen LogP contribution in [-0.2, 0) is 9.53 Å². The Bertz CT molecular complexity index is 362. The topological polar surface area (TPSA) is 55.8 Å². The van der Waals surface area contributed by atoms with Gasteiger partial charge in [0.15, 0.2) is 6.10 Å². The largest absolute Gasteiger partial charge is 0.493 e. The first kappa shape index (κ1) is 13.5. The highest BCUT2D eigenvalue weighted by atomic mass is 16.5. The molecule has 0 aliphatic heterocycles. The SMILES string of the molecule is Cc1cccc(OCCCO[C@H](C)C(=O)O)c1. The maximum absolute atomic E-state index is 10.5. The average Bonchev–Trinajstić information content (AvgIpc) is 2.28. The third kappa shape index (κ3) is 5.36. The van der Waals surface area contributed by atoms with Gasteiger partial charge in [0.05, 0.1) is 13.2 Å². The zero-order chi connectivity index (χ0) is 12.7. The summed E-state index contributed by atoms with van der Waals surface area (Å²) in [6.45, 7) is 4.43. The van der Waals surface area contributed by atoms with E-state index >= 15 is 0 Å². The Morgan fingerprint density at radius 3 is 2.82 bits per heavy atom. The molecule has 0 amide bonds. The predicted molar refractivity (Wildman–Crippen MR) is 64.3 cm³/mol. The van der Waals surface area contributed by atoms with Crippen molar-refractivity contribution in [2.24, 2.45) is 0 Å². The molecule has 0 radical (unpaired) electrons. The molecule has 0 bridgehead atoms. The van der Waals surface area contributed by atoms with Crippen molar-refractivity contribution in [1.29, 1.82) is 0 Å². The molecule has 0 fully saturated rings. The highest BCUT2D eigenvalue weighted by molar-refractivity contribution is 5.71. The van der Waals surface area contributed by atoms with Crippen molar-refractivity contribution in [3.8, 4) is 5.75 Å². The van der Waals surface area contributed by atoms with E-state index < -0.39 is 12.1 Å². The summed E-state index contributed by atoms with van der Waals surface area (Å²) in [5.74, 6) is -0.110. The maximum Gasteiger partial charge on any atom is 0.332 e. The van der Waals surface area contributed by atoms with E-state index in [1.165, 1.54) is 6.92 Å². The van der Waals surface area contributed by atoms with Gasteiger partial charge >= 0.3 is 5.97 Å². The first-order chi connectivity index (χ1) is 8.09. The normalized spacial score (nSPS) is 12.1. The number of carbonyl (C=O) groups is 1. The smallest absolute Gasteiger partial charge is 0.332 e. The standard InChI is InChI=1S/C13H18O4/c1-10-5-3-6-12(9-10)17-8-4-7-16-11(2)13(14)15/h3,5-6,9,11H,4,7-8H2,1-2H3,(H,14,15)/t11-/m1/s1. The second kappa shape index (κ2) is 6.91. The van der Waals surface area contributed by atoms with Gasteiger partial charge < -0.3 is 14.6 Å². The van der Waals surface area contributed by atoms with Crippen LogP contribution in [0.2, 0.25) is 0 Å². The number of aliphatic carboxylic acids is 1. The van der Waals surface area contributed by atoms with Gasteiger partial charge in [0.1, 0.15) is 5.75 Å². The minimum absolute atomic E-state index is 0.388. The second-order valence-corrected chi connectivity index (χ2v) is 3.87. The lowest BCUT2D eigenvalue weighted by molar-refractivity contribution is -0.149. The Balaban J connectivity index is 2.14. The molecule has 1 N–H and O–H groups in total. The number of aryl methyl sites for hydroxylation is 1. The Morgan fingerprint density at radius 2 is 2.18 bits per heavy atom. The average molecular weight is 238 g/mol. The van der Waals surface area contributed by atoms with Crippen molar-refractivity contribution in [3.05, 3.63) is 29.8 Å². The molecule has 0 aliphatic carbocycles. The second-order valence-electron chi connectivity index (χ2n) is 3.87. The number of hydrogen-bond donors (Lipinski definition) is 1. The number of carboxylic acid groups (broad SMARTS) is 1. The monoisotopic (exact) mass is 238 g/mol. The summed E-state index contributed by atoms with van der Waals surface area (Å²) in [4.78, 5) is 10.5. The molecule has 0 spiro atoms. The lowest BCUT2D eigenvalue weighted by Crippen LogP contribution is -2.20. The molecular weight excluding hydrogens is 220 g/mol. The molecule has 0 heterocycles. The van der Waals surface area contributed by atoms with E-state index in [-0.39, 0.29) is 0 Å². The van der Waals surface area contributed by atoms with Crippen molar-refractivity contribution in [2.45, 2.75) is 26.4 Å². The van der Waals surface area contributed by atoms with Crippen LogP contribution < -0.4 is 4.74 Å². The van der Waals surface area contributed by atoms with E-state index in [9.17, 15) is 4.79 Å². The highest BCUT2D eigenvalue weighted by Crippen LogP contribution is 2.12. The van der Waals surface area contributed by atoms with Crippen LogP contribution in [-0.4, -0.2) is 30.4 Å². The van der Waals surface area contributed by atoms with Gasteiger partial charge in [-0.1, -0.05) is 12.1 Å². The maximum atomic E-state index is 10.5. The Kier molecular flexibility index (Phi) is 5.49. The van der Waals surface area contributed by atoms with E-state index in [2.05, 4.69) is 0 Å². The van der Waals surface area contributed by atoms with Crippen LogP contribution in [0.5, 0.6) is 5.75 Å². The van der Waals surface area contributed by atoms with Crippen LogP contribution in [0.1, 0.15) is 18.9 Å². The number of benzene rings is 1. The summed E-state index contributed by atoms with van der Waals surface area (Å²) in [7, 11) is 0. The fraction of sp³-hybridized carbons (Fsp3) is 0.462. The summed E-state index contributed by atoms with van der Waals surface area (Å²) < 4.78 is 10.6. The van der Waals surface area contributed by atoms with Gasteiger partial charge in [0.2, 0.25) is 0 Å². The van der Waals surface area contributed by atoms with E-state index in [1.54, 1.807) is 0 Å². The van der Waals surface area contributed by atoms with Gasteiger partial charge in [-0.3, -0.25) is 0 Å². The van der Waals surface area contributed by atoms with Crippen LogP contribution >= 0.6 is 0 Å². The molecule has 1 rings (SSSR count). The zero-order valence-electron chi connectivity index (χ0n) is 10.2. The minimum Gasteiger partial charge on any atom is -0.493 e. The Morgan fingerprint density at radius 1 is 1.41 bits per heavy atom. The summed E-state index contributed by atoms with van der Waals surface area (Å²) in [5, 5.41) is 8.59. The molecule has 4 nitrogen and oxygen atoms in total. The molecule has 0 unspecified atom stereocenters. The van der Waals surface area contributed by atoms with E-state index in [0.29, 0.717) is 19.6 Å². The van der Waals surface area contributed by atoms with Crippen molar-refractivity contribution in [3.63, 3.8) is 0 Å². The third-order valence-electron chi connectivity index (χ3n) is 2.26. The van der Waals surface area contributed by atoms with Crippen molar-refractivity contribution < 1.29 is 19.4 Å². The molecule has 17 heavy (non-hydrogen) atoms. The number of hydrogen-bond acceptors (Lipinski definition) is 3. The molecule has 1 atom stereocenters. The van der Waals surface area contributed by atoms with Gasteiger partial charge in [-0.25, -0.2) is 4.79 Å². The molecule has 0 aromatic heterocycles. The van der Waals surface area contributed by atoms with Crippen molar-refractivity contribution in [2.75, 3.05) is 13.2 Å². The van der Waals surface area contributed by atoms with Gasteiger partial charge in [0.25, 0.3) is 0 Å². The first-order valence-corrected chi connectivity index (χ1v) is 5.63. The summed E-state index contributed by atoms with van der Waals surface area (Å²) in [5.41, 5.74) is 1.15. The van der Waals surface area contributed by atoms with Gasteiger partial charge in [-0.05, 0) is 31.5 Å². The quantitative estimate of drug-likeness (QED) is 0.740. The van der Waals surface area contributed by atoms with E-state index in [1.807, 2.05) is 31.2 Å². The van der Waals surface area contributed by atoms with Crippen molar-refractivity contribution >= 4 is 5.97 Å². The van der Waals surface area contributed by atoms with E-state index in [4.69, 9.17) is 14.6 Å². The molecule has 0 saturated heterocycles. The molecule has 1 aromatic carbocycles. The lowest BCUT2D eigenvalue weighted by atomic mass is 10.2. The van der Waals surface area contributed by atoms with Crippen LogP contribution in [0.4, 0.5) is 0 Å². The van der Waals surface area contributed by atoms with Crippen LogP contribution in [0, 0.1) is 6.92 Å². The van der Waals surface area contributed by atoms with Gasteiger partial charge in [0, 0.05) is 6.42 Å². The molecule has 0 aliphatic rings. The Labute approximate surface area is 101 Å². The van der Waals surface area contributed by atoms with Crippen LogP contribution in [0.3, 0.4) is 0 Å². The molecule has 0 saturated carbocycles. The fourth-order valence-electron chi connectivity index (χ4n) is 1.29. The lowest BCUT2D eigenvalue weighted by Gasteiger charge is -2.09. The number of rotatable bonds is 7.